The van der Waals surface area contributed by atoms with E-state index in [4.69, 9.17) is 0 Å². The van der Waals surface area contributed by atoms with Crippen LogP contribution in [0, 0.1) is 19.3 Å². The molecule has 3 fully saturated rings. The van der Waals surface area contributed by atoms with Crippen LogP contribution in [0.15, 0.2) is 78.4 Å². The lowest BCUT2D eigenvalue weighted by Crippen LogP contribution is -2.65. The molecule has 2 spiro atoms. The predicted octanol–water partition coefficient (Wildman–Crippen LogP) is 5.30. The quantitative estimate of drug-likeness (QED) is 0.469. The fourth-order valence-corrected chi connectivity index (χ4v) is 8.51. The SMILES string of the molecule is Cc1ccccc1/C=C1\CN(C)C[C@@]2(C1=O)[C@@H](c1ccccc1C)[C@@H]1CCCN1[C@@]21C(=O)Nc2ccccc21. The van der Waals surface area contributed by atoms with Crippen LogP contribution in [0.25, 0.3) is 6.08 Å². The molecule has 1 N–H and O–H groups in total. The lowest BCUT2D eigenvalue weighted by molar-refractivity contribution is -0.147. The number of carbonyl (C=O) groups excluding carboxylic acids is 2. The Morgan fingerprint density at radius 3 is 2.44 bits per heavy atom. The molecule has 4 aliphatic heterocycles. The van der Waals surface area contributed by atoms with Gasteiger partial charge in [0.15, 0.2) is 5.78 Å². The van der Waals surface area contributed by atoms with Crippen LogP contribution in [0.4, 0.5) is 5.69 Å². The average molecular weight is 518 g/mol. The van der Waals surface area contributed by atoms with Crippen molar-refractivity contribution in [2.45, 2.75) is 44.2 Å². The molecule has 7 rings (SSSR count). The molecular formula is C34H35N3O2. The summed E-state index contributed by atoms with van der Waals surface area (Å²) >= 11 is 0. The zero-order valence-corrected chi connectivity index (χ0v) is 22.9. The van der Waals surface area contributed by atoms with E-state index in [9.17, 15) is 4.79 Å². The van der Waals surface area contributed by atoms with E-state index in [1.54, 1.807) is 0 Å². The number of carbonyl (C=O) groups is 2. The van der Waals surface area contributed by atoms with E-state index in [0.29, 0.717) is 13.1 Å². The zero-order chi connectivity index (χ0) is 26.9. The molecule has 0 bridgehead atoms. The molecule has 0 aromatic heterocycles. The van der Waals surface area contributed by atoms with Crippen molar-refractivity contribution < 1.29 is 9.59 Å². The van der Waals surface area contributed by atoms with Gasteiger partial charge < -0.3 is 10.2 Å². The molecule has 4 atom stereocenters. The van der Waals surface area contributed by atoms with Gasteiger partial charge in [0.2, 0.25) is 0 Å². The smallest absolute Gasteiger partial charge is 0.250 e. The van der Waals surface area contributed by atoms with Crippen molar-refractivity contribution in [2.75, 3.05) is 32.0 Å². The van der Waals surface area contributed by atoms with E-state index in [1.807, 2.05) is 30.3 Å². The van der Waals surface area contributed by atoms with E-state index >= 15 is 4.79 Å². The van der Waals surface area contributed by atoms with Gasteiger partial charge in [-0.05, 0) is 74.7 Å². The van der Waals surface area contributed by atoms with Gasteiger partial charge in [0.25, 0.3) is 5.91 Å². The third kappa shape index (κ3) is 3.14. The molecule has 1 amide bonds. The molecule has 0 aliphatic carbocycles. The van der Waals surface area contributed by atoms with Crippen LogP contribution >= 0.6 is 0 Å². The highest BCUT2D eigenvalue weighted by Gasteiger charge is 2.78. The number of amides is 1. The Bertz CT molecular complexity index is 1540. The number of nitrogens with zero attached hydrogens (tertiary/aromatic N) is 2. The normalized spacial score (nSPS) is 31.3. The first-order valence-corrected chi connectivity index (χ1v) is 14.1. The van der Waals surface area contributed by atoms with Crippen LogP contribution < -0.4 is 5.32 Å². The van der Waals surface area contributed by atoms with Crippen LogP contribution in [0.5, 0.6) is 0 Å². The fraction of sp³-hybridized carbons (Fsp3) is 0.353. The second kappa shape index (κ2) is 8.73. The van der Waals surface area contributed by atoms with Gasteiger partial charge in [-0.1, -0.05) is 66.7 Å². The second-order valence-electron chi connectivity index (χ2n) is 11.9. The predicted molar refractivity (Wildman–Crippen MR) is 154 cm³/mol. The summed E-state index contributed by atoms with van der Waals surface area (Å²) in [5.74, 6) is -0.0300. The number of anilines is 1. The second-order valence-corrected chi connectivity index (χ2v) is 11.9. The number of ketones is 1. The minimum atomic E-state index is -1.06. The molecule has 3 saturated heterocycles. The molecular weight excluding hydrogens is 482 g/mol. The molecule has 0 radical (unpaired) electrons. The largest absolute Gasteiger partial charge is 0.324 e. The number of rotatable bonds is 2. The topological polar surface area (TPSA) is 52.7 Å². The summed E-state index contributed by atoms with van der Waals surface area (Å²) in [6.07, 6.45) is 4.09. The number of hydrogen-bond donors (Lipinski definition) is 1. The highest BCUT2D eigenvalue weighted by molar-refractivity contribution is 6.16. The minimum Gasteiger partial charge on any atom is -0.324 e. The first-order valence-electron chi connectivity index (χ1n) is 14.1. The molecule has 3 aromatic rings. The van der Waals surface area contributed by atoms with E-state index in [-0.39, 0.29) is 23.7 Å². The van der Waals surface area contributed by atoms with Crippen LogP contribution in [0.3, 0.4) is 0 Å². The summed E-state index contributed by atoms with van der Waals surface area (Å²) in [5, 5.41) is 3.24. The van der Waals surface area contributed by atoms with Gasteiger partial charge in [0.1, 0.15) is 5.54 Å². The van der Waals surface area contributed by atoms with E-state index in [2.05, 4.69) is 84.6 Å². The molecule has 198 valence electrons. The Morgan fingerprint density at radius 1 is 0.923 bits per heavy atom. The van der Waals surface area contributed by atoms with Crippen molar-refractivity contribution in [3.8, 4) is 0 Å². The number of Topliss-reactive ketones (excluding diaryl/α,β-unsaturated/α-hetero) is 1. The van der Waals surface area contributed by atoms with Gasteiger partial charge >= 0.3 is 0 Å². The molecule has 0 saturated carbocycles. The maximum absolute atomic E-state index is 15.4. The molecule has 4 heterocycles. The Kier molecular flexibility index (Phi) is 5.49. The van der Waals surface area contributed by atoms with Crippen molar-refractivity contribution in [1.82, 2.24) is 9.80 Å². The lowest BCUT2D eigenvalue weighted by atomic mass is 9.54. The first kappa shape index (κ1) is 24.5. The molecule has 3 aromatic carbocycles. The summed E-state index contributed by atoms with van der Waals surface area (Å²) in [7, 11) is 2.10. The monoisotopic (exact) mass is 517 g/mol. The fourth-order valence-electron chi connectivity index (χ4n) is 8.51. The Labute approximate surface area is 230 Å². The van der Waals surface area contributed by atoms with Crippen molar-refractivity contribution in [3.05, 3.63) is 106 Å². The molecule has 5 heteroatoms. The minimum absolute atomic E-state index is 0.0504. The molecule has 5 nitrogen and oxygen atoms in total. The van der Waals surface area contributed by atoms with Gasteiger partial charge in [0.05, 0.1) is 5.41 Å². The van der Waals surface area contributed by atoms with Crippen molar-refractivity contribution >= 4 is 23.5 Å². The number of piperidine rings is 1. The van der Waals surface area contributed by atoms with Gasteiger partial charge in [-0.15, -0.1) is 0 Å². The van der Waals surface area contributed by atoms with Crippen LogP contribution in [-0.2, 0) is 15.1 Å². The Morgan fingerprint density at radius 2 is 1.64 bits per heavy atom. The number of hydrogen-bond acceptors (Lipinski definition) is 4. The van der Waals surface area contributed by atoms with Crippen LogP contribution in [-0.4, -0.2) is 54.2 Å². The number of para-hydroxylation sites is 1. The average Bonchev–Trinajstić information content (AvgIpc) is 3.57. The number of likely N-dealkylation sites (N-methyl/N-ethyl adjacent to an activating group) is 1. The van der Waals surface area contributed by atoms with Gasteiger partial charge in [0, 0.05) is 41.9 Å². The van der Waals surface area contributed by atoms with Crippen molar-refractivity contribution in [1.29, 1.82) is 0 Å². The van der Waals surface area contributed by atoms with E-state index in [0.717, 1.165) is 47.3 Å². The Balaban J connectivity index is 1.55. The highest BCUT2D eigenvalue weighted by Crippen LogP contribution is 2.68. The summed E-state index contributed by atoms with van der Waals surface area (Å²) < 4.78 is 0. The third-order valence-electron chi connectivity index (χ3n) is 9.88. The third-order valence-corrected chi connectivity index (χ3v) is 9.88. The van der Waals surface area contributed by atoms with Crippen molar-refractivity contribution in [2.24, 2.45) is 5.41 Å². The van der Waals surface area contributed by atoms with Gasteiger partial charge in [-0.25, -0.2) is 0 Å². The maximum Gasteiger partial charge on any atom is 0.250 e. The maximum atomic E-state index is 15.4. The zero-order valence-electron chi connectivity index (χ0n) is 22.9. The highest BCUT2D eigenvalue weighted by atomic mass is 16.2. The van der Waals surface area contributed by atoms with Gasteiger partial charge in [-0.3, -0.25) is 14.5 Å². The van der Waals surface area contributed by atoms with E-state index < -0.39 is 11.0 Å². The number of likely N-dealkylation sites (tertiary alicyclic amines) is 1. The van der Waals surface area contributed by atoms with Crippen molar-refractivity contribution in [3.63, 3.8) is 0 Å². The summed E-state index contributed by atoms with van der Waals surface area (Å²) in [5.41, 5.74) is 5.13. The Hall–Kier alpha value is -3.54. The molecule has 39 heavy (non-hydrogen) atoms. The molecule has 4 aliphatic rings. The number of benzene rings is 3. The lowest BCUT2D eigenvalue weighted by Gasteiger charge is -2.51. The van der Waals surface area contributed by atoms with Crippen LogP contribution in [0.1, 0.15) is 46.6 Å². The van der Waals surface area contributed by atoms with Crippen LogP contribution in [0.2, 0.25) is 0 Å². The number of aryl methyl sites for hydroxylation is 2. The number of nitrogens with one attached hydrogen (secondary N) is 1. The first-order chi connectivity index (χ1) is 18.9. The standard InChI is InChI=1S/C34H35N3O2/c1-22-11-4-6-13-24(22)19-25-20-36(3)21-33(31(25)38)30(26-14-7-5-12-23(26)2)29-17-10-18-37(29)34(33)27-15-8-9-16-28(27)35-32(34)39/h4-9,11-16,19,29-30H,10,17-18,20-21H2,1-3H3,(H,35,39)/b25-19+/t29-,30-,33-,34-/m0/s1. The number of fused-ring (bicyclic) bond motifs is 5. The summed E-state index contributed by atoms with van der Waals surface area (Å²) in [4.78, 5) is 34.6. The summed E-state index contributed by atoms with van der Waals surface area (Å²) in [6.45, 7) is 6.15. The summed E-state index contributed by atoms with van der Waals surface area (Å²) in [6, 6.07) is 24.9. The van der Waals surface area contributed by atoms with Gasteiger partial charge in [-0.2, -0.15) is 0 Å². The molecule has 0 unspecified atom stereocenters. The van der Waals surface area contributed by atoms with E-state index in [1.165, 1.54) is 11.1 Å².